The SMILES string of the molecule is COc1ccc(Nc2cc(Nc3ccccc3C(=O)O)nc(C)n2)cc1Cl. The van der Waals surface area contributed by atoms with Gasteiger partial charge in [0.05, 0.1) is 23.4 Å². The van der Waals surface area contributed by atoms with Gasteiger partial charge in [-0.25, -0.2) is 14.8 Å². The molecule has 0 saturated heterocycles. The topological polar surface area (TPSA) is 96.4 Å². The Kier molecular flexibility index (Phi) is 5.42. The molecule has 0 saturated carbocycles. The highest BCUT2D eigenvalue weighted by molar-refractivity contribution is 6.32. The Morgan fingerprint density at radius 3 is 2.44 bits per heavy atom. The van der Waals surface area contributed by atoms with Crippen molar-refractivity contribution < 1.29 is 14.6 Å². The number of halogens is 1. The number of ether oxygens (including phenoxy) is 1. The summed E-state index contributed by atoms with van der Waals surface area (Å²) in [6.07, 6.45) is 0. The Bertz CT molecular complexity index is 994. The number of para-hydroxylation sites is 1. The number of carboxylic acids is 1. The molecule has 0 aliphatic carbocycles. The van der Waals surface area contributed by atoms with Crippen LogP contribution in [-0.4, -0.2) is 28.2 Å². The average Bonchev–Trinajstić information content (AvgIpc) is 2.61. The standard InChI is InChI=1S/C19H17ClN4O3/c1-11-21-17(23-12-7-8-16(27-2)14(20)9-12)10-18(22-11)24-15-6-4-3-5-13(15)19(25)26/h3-10H,1-2H3,(H,25,26)(H2,21,22,23,24). The van der Waals surface area contributed by atoms with Crippen LogP contribution < -0.4 is 15.4 Å². The fraction of sp³-hybridized carbons (Fsp3) is 0.105. The summed E-state index contributed by atoms with van der Waals surface area (Å²) in [5, 5.41) is 16.0. The van der Waals surface area contributed by atoms with E-state index in [0.29, 0.717) is 33.9 Å². The Balaban J connectivity index is 1.87. The second kappa shape index (κ2) is 7.92. The van der Waals surface area contributed by atoms with Crippen LogP contribution >= 0.6 is 11.6 Å². The lowest BCUT2D eigenvalue weighted by atomic mass is 10.2. The van der Waals surface area contributed by atoms with E-state index in [0.717, 1.165) is 5.69 Å². The Labute approximate surface area is 161 Å². The predicted octanol–water partition coefficient (Wildman–Crippen LogP) is 4.63. The molecule has 0 aliphatic heterocycles. The molecule has 3 N–H and O–H groups in total. The average molecular weight is 385 g/mol. The smallest absolute Gasteiger partial charge is 0.337 e. The van der Waals surface area contributed by atoms with Crippen molar-refractivity contribution in [2.24, 2.45) is 0 Å². The number of nitrogens with one attached hydrogen (secondary N) is 2. The van der Waals surface area contributed by atoms with Gasteiger partial charge in [-0.3, -0.25) is 0 Å². The number of carbonyl (C=O) groups is 1. The summed E-state index contributed by atoms with van der Waals surface area (Å²) in [6, 6.07) is 13.6. The number of aryl methyl sites for hydroxylation is 1. The van der Waals surface area contributed by atoms with E-state index >= 15 is 0 Å². The molecule has 0 unspecified atom stereocenters. The molecule has 1 heterocycles. The van der Waals surface area contributed by atoms with E-state index in [2.05, 4.69) is 20.6 Å². The summed E-state index contributed by atoms with van der Waals surface area (Å²) in [5.41, 5.74) is 1.34. The van der Waals surface area contributed by atoms with E-state index in [-0.39, 0.29) is 5.56 Å². The molecule has 3 aromatic rings. The third-order valence-electron chi connectivity index (χ3n) is 3.68. The fourth-order valence-corrected chi connectivity index (χ4v) is 2.76. The minimum atomic E-state index is -1.02. The third kappa shape index (κ3) is 4.45. The molecule has 0 fully saturated rings. The van der Waals surface area contributed by atoms with Gasteiger partial charge in [0.15, 0.2) is 0 Å². The summed E-state index contributed by atoms with van der Waals surface area (Å²) < 4.78 is 5.14. The van der Waals surface area contributed by atoms with Crippen LogP contribution in [0.15, 0.2) is 48.5 Å². The molecule has 2 aromatic carbocycles. The van der Waals surface area contributed by atoms with Gasteiger partial charge in [0.25, 0.3) is 0 Å². The first-order chi connectivity index (χ1) is 13.0. The van der Waals surface area contributed by atoms with Crippen molar-refractivity contribution in [2.45, 2.75) is 6.92 Å². The van der Waals surface area contributed by atoms with Crippen LogP contribution in [0.4, 0.5) is 23.0 Å². The first-order valence-corrected chi connectivity index (χ1v) is 8.39. The molecule has 0 spiro atoms. The van der Waals surface area contributed by atoms with Gasteiger partial charge in [0.2, 0.25) is 0 Å². The van der Waals surface area contributed by atoms with Crippen molar-refractivity contribution in [3.63, 3.8) is 0 Å². The summed E-state index contributed by atoms with van der Waals surface area (Å²) in [5.74, 6) is 1.09. The number of anilines is 4. The largest absolute Gasteiger partial charge is 0.495 e. The van der Waals surface area contributed by atoms with Crippen molar-refractivity contribution in [1.29, 1.82) is 0 Å². The molecule has 0 atom stereocenters. The first-order valence-electron chi connectivity index (χ1n) is 8.02. The van der Waals surface area contributed by atoms with Gasteiger partial charge < -0.3 is 20.5 Å². The molecule has 0 amide bonds. The summed E-state index contributed by atoms with van der Waals surface area (Å²) >= 11 is 6.15. The van der Waals surface area contributed by atoms with Crippen molar-refractivity contribution in [1.82, 2.24) is 9.97 Å². The molecule has 1 aromatic heterocycles. The van der Waals surface area contributed by atoms with E-state index in [1.165, 1.54) is 6.07 Å². The Morgan fingerprint density at radius 1 is 1.07 bits per heavy atom. The Morgan fingerprint density at radius 2 is 1.78 bits per heavy atom. The fourth-order valence-electron chi connectivity index (χ4n) is 2.50. The number of hydrogen-bond donors (Lipinski definition) is 3. The molecule has 0 bridgehead atoms. The number of carboxylic acid groups (broad SMARTS) is 1. The van der Waals surface area contributed by atoms with Crippen LogP contribution in [0.25, 0.3) is 0 Å². The van der Waals surface area contributed by atoms with E-state index in [9.17, 15) is 9.90 Å². The quantitative estimate of drug-likeness (QED) is 0.570. The second-order valence-corrected chi connectivity index (χ2v) is 6.04. The monoisotopic (exact) mass is 384 g/mol. The molecule has 138 valence electrons. The van der Waals surface area contributed by atoms with Crippen molar-refractivity contribution in [3.05, 3.63) is 64.9 Å². The highest BCUT2D eigenvalue weighted by Crippen LogP contribution is 2.29. The lowest BCUT2D eigenvalue weighted by Crippen LogP contribution is -2.05. The van der Waals surface area contributed by atoms with E-state index < -0.39 is 5.97 Å². The molecule has 8 heteroatoms. The van der Waals surface area contributed by atoms with Crippen LogP contribution in [0.1, 0.15) is 16.2 Å². The maximum atomic E-state index is 11.4. The number of benzene rings is 2. The van der Waals surface area contributed by atoms with Crippen molar-refractivity contribution >= 4 is 40.6 Å². The number of aromatic nitrogens is 2. The number of aromatic carboxylic acids is 1. The number of hydrogen-bond acceptors (Lipinski definition) is 6. The molecule has 0 aliphatic rings. The third-order valence-corrected chi connectivity index (χ3v) is 3.98. The molecule has 27 heavy (non-hydrogen) atoms. The molecule has 0 radical (unpaired) electrons. The Hall–Kier alpha value is -3.32. The zero-order valence-electron chi connectivity index (χ0n) is 14.7. The summed E-state index contributed by atoms with van der Waals surface area (Å²) in [7, 11) is 1.55. The minimum Gasteiger partial charge on any atom is -0.495 e. The van der Waals surface area contributed by atoms with Crippen LogP contribution in [0.3, 0.4) is 0 Å². The molecule has 3 rings (SSSR count). The van der Waals surface area contributed by atoms with Gasteiger partial charge in [-0.05, 0) is 37.3 Å². The van der Waals surface area contributed by atoms with Gasteiger partial charge in [-0.1, -0.05) is 23.7 Å². The van der Waals surface area contributed by atoms with Crippen LogP contribution in [0.2, 0.25) is 5.02 Å². The van der Waals surface area contributed by atoms with Crippen LogP contribution in [-0.2, 0) is 0 Å². The van der Waals surface area contributed by atoms with E-state index in [1.54, 1.807) is 50.4 Å². The second-order valence-electron chi connectivity index (χ2n) is 5.64. The first kappa shape index (κ1) is 18.5. The van der Waals surface area contributed by atoms with Crippen molar-refractivity contribution in [2.75, 3.05) is 17.7 Å². The number of rotatable bonds is 6. The number of nitrogens with zero attached hydrogens (tertiary/aromatic N) is 2. The zero-order valence-corrected chi connectivity index (χ0v) is 15.4. The maximum absolute atomic E-state index is 11.4. The number of methoxy groups -OCH3 is 1. The molecule has 7 nitrogen and oxygen atoms in total. The summed E-state index contributed by atoms with van der Waals surface area (Å²) in [6.45, 7) is 1.75. The minimum absolute atomic E-state index is 0.158. The van der Waals surface area contributed by atoms with Gasteiger partial charge in [0, 0.05) is 11.8 Å². The van der Waals surface area contributed by atoms with Gasteiger partial charge in [-0.15, -0.1) is 0 Å². The highest BCUT2D eigenvalue weighted by Gasteiger charge is 2.11. The van der Waals surface area contributed by atoms with Crippen LogP contribution in [0, 0.1) is 6.92 Å². The lowest BCUT2D eigenvalue weighted by Gasteiger charge is -2.12. The van der Waals surface area contributed by atoms with E-state index in [4.69, 9.17) is 16.3 Å². The predicted molar refractivity (Wildman–Crippen MR) is 105 cm³/mol. The highest BCUT2D eigenvalue weighted by atomic mass is 35.5. The molecular formula is C19H17ClN4O3. The van der Waals surface area contributed by atoms with Crippen molar-refractivity contribution in [3.8, 4) is 5.75 Å². The normalized spacial score (nSPS) is 10.3. The van der Waals surface area contributed by atoms with Gasteiger partial charge >= 0.3 is 5.97 Å². The lowest BCUT2D eigenvalue weighted by molar-refractivity contribution is 0.0698. The zero-order chi connectivity index (χ0) is 19.4. The van der Waals surface area contributed by atoms with Gasteiger partial charge in [-0.2, -0.15) is 0 Å². The summed E-state index contributed by atoms with van der Waals surface area (Å²) in [4.78, 5) is 20.0. The molecular weight excluding hydrogens is 368 g/mol. The van der Waals surface area contributed by atoms with E-state index in [1.807, 2.05) is 6.07 Å². The van der Waals surface area contributed by atoms with Gasteiger partial charge in [0.1, 0.15) is 23.2 Å². The van der Waals surface area contributed by atoms with Crippen LogP contribution in [0.5, 0.6) is 5.75 Å². The maximum Gasteiger partial charge on any atom is 0.337 e.